The van der Waals surface area contributed by atoms with Gasteiger partial charge in [-0.1, -0.05) is 12.1 Å². The standard InChI is InChI=1S/C22H17F4N3O3.C6H15O4P/c23-16-9-8-14(10-15(16)22(24,25)26)28-21(32)29-20(13-6-4-12(11-27)5-7-13)19-17(30)2-1-3-18(19)31;1-4-8-11(7,9-5-2)10-6-3/h4-10,20,30H,1-3H2,(H2,28,29,32);4-6H2,1-3H3. The number of anilines is 1. The fraction of sp³-hybridized carbons (Fsp3) is 0.393. The lowest BCUT2D eigenvalue weighted by Gasteiger charge is -2.25. The van der Waals surface area contributed by atoms with Crippen LogP contribution in [0.4, 0.5) is 28.0 Å². The van der Waals surface area contributed by atoms with E-state index in [4.69, 9.17) is 18.8 Å². The summed E-state index contributed by atoms with van der Waals surface area (Å²) in [6.45, 7) is 6.21. The molecule has 0 bridgehead atoms. The van der Waals surface area contributed by atoms with Gasteiger partial charge < -0.3 is 15.7 Å². The van der Waals surface area contributed by atoms with Crippen LogP contribution in [0, 0.1) is 17.1 Å². The number of aliphatic hydroxyl groups excluding tert-OH is 1. The molecule has 234 valence electrons. The zero-order valence-corrected chi connectivity index (χ0v) is 24.6. The van der Waals surface area contributed by atoms with Gasteiger partial charge in [-0.2, -0.15) is 18.4 Å². The average Bonchev–Trinajstić information content (AvgIpc) is 2.93. The summed E-state index contributed by atoms with van der Waals surface area (Å²) in [4.78, 5) is 25.0. The molecule has 2 amide bonds. The molecule has 0 spiro atoms. The minimum atomic E-state index is -4.95. The van der Waals surface area contributed by atoms with Crippen molar-refractivity contribution in [3.8, 4) is 6.07 Å². The van der Waals surface area contributed by atoms with Crippen molar-refractivity contribution in [2.24, 2.45) is 0 Å². The van der Waals surface area contributed by atoms with E-state index in [1.165, 1.54) is 24.3 Å². The molecular formula is C28H32F4N3O7P. The van der Waals surface area contributed by atoms with Gasteiger partial charge in [0.15, 0.2) is 5.78 Å². The first-order valence-corrected chi connectivity index (χ1v) is 14.7. The number of alkyl halides is 3. The molecule has 3 rings (SSSR count). The van der Waals surface area contributed by atoms with Crippen LogP contribution in [0.3, 0.4) is 0 Å². The highest BCUT2D eigenvalue weighted by Gasteiger charge is 2.35. The molecule has 1 atom stereocenters. The zero-order chi connectivity index (χ0) is 32.2. The fourth-order valence-corrected chi connectivity index (χ4v) is 5.12. The number of nitriles is 1. The Bertz CT molecular complexity index is 1370. The lowest BCUT2D eigenvalue weighted by molar-refractivity contribution is -0.140. The largest absolute Gasteiger partial charge is 0.512 e. The van der Waals surface area contributed by atoms with Crippen molar-refractivity contribution < 1.29 is 50.4 Å². The number of halogens is 4. The minimum Gasteiger partial charge on any atom is -0.512 e. The van der Waals surface area contributed by atoms with Crippen LogP contribution >= 0.6 is 7.82 Å². The zero-order valence-electron chi connectivity index (χ0n) is 23.7. The summed E-state index contributed by atoms with van der Waals surface area (Å²) in [6, 6.07) is 7.75. The van der Waals surface area contributed by atoms with Gasteiger partial charge in [0.2, 0.25) is 0 Å². The second-order valence-corrected chi connectivity index (χ2v) is 10.5. The maximum atomic E-state index is 13.5. The third-order valence-corrected chi connectivity index (χ3v) is 7.48. The molecule has 0 heterocycles. The smallest absolute Gasteiger partial charge is 0.474 e. The predicted octanol–water partition coefficient (Wildman–Crippen LogP) is 7.35. The summed E-state index contributed by atoms with van der Waals surface area (Å²) in [5, 5.41) is 23.9. The molecule has 0 radical (unpaired) electrons. The number of allylic oxidation sites excluding steroid dienone is 1. The lowest BCUT2D eigenvalue weighted by atomic mass is 9.87. The number of carbonyl (C=O) groups excluding carboxylic acids is 2. The van der Waals surface area contributed by atoms with Crippen LogP contribution in [0.5, 0.6) is 0 Å². The molecule has 1 aliphatic carbocycles. The maximum absolute atomic E-state index is 13.5. The molecule has 15 heteroatoms. The van der Waals surface area contributed by atoms with E-state index >= 15 is 0 Å². The van der Waals surface area contributed by atoms with Gasteiger partial charge in [-0.3, -0.25) is 18.4 Å². The van der Waals surface area contributed by atoms with Crippen molar-refractivity contribution >= 4 is 25.3 Å². The first-order valence-electron chi connectivity index (χ1n) is 13.2. The molecule has 0 saturated heterocycles. The van der Waals surface area contributed by atoms with Crippen molar-refractivity contribution in [1.82, 2.24) is 5.32 Å². The predicted molar refractivity (Wildman–Crippen MR) is 148 cm³/mol. The van der Waals surface area contributed by atoms with E-state index < -0.39 is 37.5 Å². The number of rotatable bonds is 10. The van der Waals surface area contributed by atoms with Crippen LogP contribution in [0.25, 0.3) is 0 Å². The van der Waals surface area contributed by atoms with Gasteiger partial charge in [-0.25, -0.2) is 13.8 Å². The maximum Gasteiger partial charge on any atom is 0.474 e. The Morgan fingerprint density at radius 1 is 1.05 bits per heavy atom. The number of Topliss-reactive ketones (excluding diaryl/α,β-unsaturated/α-hetero) is 1. The molecule has 0 aromatic heterocycles. The number of hydrogen-bond donors (Lipinski definition) is 3. The number of amides is 2. The van der Waals surface area contributed by atoms with Crippen molar-refractivity contribution in [2.45, 2.75) is 52.3 Å². The van der Waals surface area contributed by atoms with Gasteiger partial charge >= 0.3 is 20.0 Å². The number of carbonyl (C=O) groups is 2. The fourth-order valence-electron chi connectivity index (χ4n) is 3.95. The number of nitrogens with zero attached hydrogens (tertiary/aromatic N) is 1. The van der Waals surface area contributed by atoms with Crippen LogP contribution in [-0.4, -0.2) is 36.7 Å². The summed E-state index contributed by atoms with van der Waals surface area (Å²) in [6.07, 6.45) is -4.13. The highest BCUT2D eigenvalue weighted by Crippen LogP contribution is 2.48. The molecule has 0 saturated carbocycles. The number of hydrogen-bond acceptors (Lipinski definition) is 8. The summed E-state index contributed by atoms with van der Waals surface area (Å²) in [7, 11) is -3.22. The quantitative estimate of drug-likeness (QED) is 0.183. The highest BCUT2D eigenvalue weighted by molar-refractivity contribution is 7.48. The molecule has 2 aromatic rings. The Kier molecular flexibility index (Phi) is 13.3. The number of urea groups is 1. The van der Waals surface area contributed by atoms with E-state index in [1.54, 1.807) is 20.8 Å². The van der Waals surface area contributed by atoms with Crippen LogP contribution < -0.4 is 10.6 Å². The van der Waals surface area contributed by atoms with Crippen molar-refractivity contribution in [2.75, 3.05) is 25.1 Å². The van der Waals surface area contributed by atoms with Gasteiger partial charge in [0.25, 0.3) is 0 Å². The molecular weight excluding hydrogens is 597 g/mol. The molecule has 0 fully saturated rings. The molecule has 10 nitrogen and oxygen atoms in total. The number of phosphoric ester groups is 1. The van der Waals surface area contributed by atoms with Crippen molar-refractivity contribution in [3.05, 3.63) is 76.3 Å². The van der Waals surface area contributed by atoms with E-state index in [1.807, 2.05) is 6.07 Å². The Hall–Kier alpha value is -3.76. The third-order valence-electron chi connectivity index (χ3n) is 5.76. The number of nitrogens with one attached hydrogen (secondary N) is 2. The number of ketones is 1. The van der Waals surface area contributed by atoms with E-state index in [0.717, 1.165) is 6.07 Å². The Morgan fingerprint density at radius 3 is 2.12 bits per heavy atom. The molecule has 3 N–H and O–H groups in total. The average molecular weight is 630 g/mol. The highest BCUT2D eigenvalue weighted by atomic mass is 31.2. The van der Waals surface area contributed by atoms with E-state index in [-0.39, 0.29) is 35.6 Å². The Balaban J connectivity index is 0.000000499. The second-order valence-electron chi connectivity index (χ2n) is 8.80. The molecule has 0 aliphatic heterocycles. The molecule has 1 unspecified atom stereocenters. The van der Waals surface area contributed by atoms with Crippen LogP contribution in [0.1, 0.15) is 62.8 Å². The SMILES string of the molecule is CCOP(=O)(OCC)OCC.N#Cc1ccc(C(NC(=O)Nc2ccc(F)c(C(F)(F)F)c2)C2=C(O)CCCC2=O)cc1. The first-order chi connectivity index (χ1) is 20.3. The summed E-state index contributed by atoms with van der Waals surface area (Å²) in [5.74, 6) is -2.07. The molecule has 1 aliphatic rings. The first kappa shape index (κ1) is 35.4. The van der Waals surface area contributed by atoms with Gasteiger partial charge in [-0.15, -0.1) is 0 Å². The second kappa shape index (κ2) is 16.2. The number of benzene rings is 2. The topological polar surface area (TPSA) is 147 Å². The van der Waals surface area contributed by atoms with E-state index in [9.17, 15) is 36.8 Å². The Morgan fingerprint density at radius 2 is 1.63 bits per heavy atom. The summed E-state index contributed by atoms with van der Waals surface area (Å²) < 4.78 is 78.1. The lowest BCUT2D eigenvalue weighted by Crippen LogP contribution is -2.36. The number of phosphoric acid groups is 1. The van der Waals surface area contributed by atoms with Gasteiger partial charge in [-0.05, 0) is 63.1 Å². The van der Waals surface area contributed by atoms with Crippen molar-refractivity contribution in [3.63, 3.8) is 0 Å². The van der Waals surface area contributed by atoms with E-state index in [2.05, 4.69) is 10.6 Å². The number of aliphatic hydroxyl groups is 1. The molecule has 2 aromatic carbocycles. The molecule has 43 heavy (non-hydrogen) atoms. The summed E-state index contributed by atoms with van der Waals surface area (Å²) >= 11 is 0. The monoisotopic (exact) mass is 629 g/mol. The van der Waals surface area contributed by atoms with Crippen molar-refractivity contribution in [1.29, 1.82) is 5.26 Å². The van der Waals surface area contributed by atoms with E-state index in [0.29, 0.717) is 49.5 Å². The van der Waals surface area contributed by atoms with Gasteiger partial charge in [0.1, 0.15) is 11.6 Å². The van der Waals surface area contributed by atoms with Gasteiger partial charge in [0.05, 0.1) is 48.6 Å². The Labute approximate surface area is 246 Å². The van der Waals surface area contributed by atoms with Crippen LogP contribution in [0.2, 0.25) is 0 Å². The van der Waals surface area contributed by atoms with Crippen LogP contribution in [0.15, 0.2) is 53.8 Å². The third kappa shape index (κ3) is 10.5. The van der Waals surface area contributed by atoms with Crippen LogP contribution in [-0.2, 0) is 29.1 Å². The summed E-state index contributed by atoms with van der Waals surface area (Å²) in [5.41, 5.74) is -1.18. The normalized spacial score (nSPS) is 14.3. The van der Waals surface area contributed by atoms with Gasteiger partial charge in [0, 0.05) is 18.5 Å². The minimum absolute atomic E-state index is 0.0359.